The van der Waals surface area contributed by atoms with E-state index in [2.05, 4.69) is 15.5 Å². The number of rotatable bonds is 5. The van der Waals surface area contributed by atoms with E-state index in [-0.39, 0.29) is 12.5 Å². The molecule has 0 bridgehead atoms. The molecular formula is C16H20N4O3. The van der Waals surface area contributed by atoms with Crippen molar-refractivity contribution in [1.82, 2.24) is 15.5 Å². The molecule has 122 valence electrons. The van der Waals surface area contributed by atoms with Crippen LogP contribution >= 0.6 is 0 Å². The van der Waals surface area contributed by atoms with E-state index in [1.54, 1.807) is 0 Å². The van der Waals surface area contributed by atoms with Crippen molar-refractivity contribution in [1.29, 1.82) is 0 Å². The number of benzene rings is 1. The van der Waals surface area contributed by atoms with E-state index in [1.165, 1.54) is 0 Å². The van der Waals surface area contributed by atoms with Crippen molar-refractivity contribution in [3.8, 4) is 11.4 Å². The van der Waals surface area contributed by atoms with Crippen LogP contribution < -0.4 is 11.1 Å². The van der Waals surface area contributed by atoms with Crippen LogP contribution in [0.15, 0.2) is 34.9 Å². The molecule has 7 heteroatoms. The number of aromatic nitrogens is 2. The largest absolute Gasteiger partial charge is 0.381 e. The average molecular weight is 316 g/mol. The summed E-state index contributed by atoms with van der Waals surface area (Å²) in [5, 5.41) is 6.79. The molecule has 1 aliphatic rings. The van der Waals surface area contributed by atoms with Gasteiger partial charge in [-0.1, -0.05) is 35.5 Å². The van der Waals surface area contributed by atoms with Crippen LogP contribution in [0.5, 0.6) is 0 Å². The summed E-state index contributed by atoms with van der Waals surface area (Å²) >= 11 is 0. The third kappa shape index (κ3) is 3.40. The number of nitrogens with two attached hydrogens (primary N) is 1. The van der Waals surface area contributed by atoms with Crippen LogP contribution in [0.25, 0.3) is 11.4 Å². The minimum Gasteiger partial charge on any atom is -0.381 e. The quantitative estimate of drug-likeness (QED) is 0.856. The summed E-state index contributed by atoms with van der Waals surface area (Å²) in [5.74, 6) is 0.800. The second-order valence-corrected chi connectivity index (χ2v) is 5.66. The van der Waals surface area contributed by atoms with Gasteiger partial charge in [0.1, 0.15) is 0 Å². The van der Waals surface area contributed by atoms with E-state index in [1.807, 2.05) is 30.3 Å². The molecule has 0 spiro atoms. The molecule has 0 unspecified atom stereocenters. The number of nitrogens with zero attached hydrogens (tertiary/aromatic N) is 2. The number of carbonyl (C=O) groups is 1. The third-order valence-electron chi connectivity index (χ3n) is 4.22. The van der Waals surface area contributed by atoms with E-state index in [0.717, 1.165) is 5.56 Å². The Balaban J connectivity index is 1.62. The highest BCUT2D eigenvalue weighted by Gasteiger charge is 2.38. The smallest absolute Gasteiger partial charge is 0.246 e. The Bertz CT molecular complexity index is 650. The Morgan fingerprint density at radius 1 is 1.26 bits per heavy atom. The maximum Gasteiger partial charge on any atom is 0.246 e. The number of nitrogens with one attached hydrogen (secondary N) is 1. The number of amides is 1. The molecule has 0 aliphatic carbocycles. The number of ether oxygens (including phenoxy) is 1. The predicted octanol–water partition coefficient (Wildman–Crippen LogP) is 1.11. The maximum atomic E-state index is 12.5. The average Bonchev–Trinajstić information content (AvgIpc) is 3.10. The molecule has 1 aliphatic heterocycles. The SMILES string of the molecule is NCC1(C(=O)NCc2nc(-c3ccccc3)no2)CCOCC1. The number of hydrogen-bond acceptors (Lipinski definition) is 6. The van der Waals surface area contributed by atoms with Gasteiger partial charge in [-0.15, -0.1) is 0 Å². The molecule has 7 nitrogen and oxygen atoms in total. The molecule has 2 heterocycles. The summed E-state index contributed by atoms with van der Waals surface area (Å²) in [6.45, 7) is 1.62. The van der Waals surface area contributed by atoms with Gasteiger partial charge in [0.05, 0.1) is 12.0 Å². The fraction of sp³-hybridized carbons (Fsp3) is 0.438. The Morgan fingerprint density at radius 2 is 2.00 bits per heavy atom. The van der Waals surface area contributed by atoms with E-state index in [4.69, 9.17) is 15.0 Å². The molecule has 1 aromatic carbocycles. The van der Waals surface area contributed by atoms with Crippen molar-refractivity contribution in [3.63, 3.8) is 0 Å². The van der Waals surface area contributed by atoms with Gasteiger partial charge in [-0.25, -0.2) is 0 Å². The van der Waals surface area contributed by atoms with Gasteiger partial charge < -0.3 is 20.3 Å². The number of carbonyl (C=O) groups excluding carboxylic acids is 1. The zero-order chi connectivity index (χ0) is 16.1. The van der Waals surface area contributed by atoms with Crippen LogP contribution in [-0.4, -0.2) is 35.8 Å². The Labute approximate surface area is 134 Å². The standard InChI is InChI=1S/C16H20N4O3/c17-11-16(6-8-22-9-7-16)15(21)18-10-13-19-14(20-23-13)12-4-2-1-3-5-12/h1-5H,6-11,17H2,(H,18,21). The van der Waals surface area contributed by atoms with Gasteiger partial charge in [-0.3, -0.25) is 4.79 Å². The fourth-order valence-electron chi connectivity index (χ4n) is 2.66. The van der Waals surface area contributed by atoms with Crippen molar-refractivity contribution < 1.29 is 14.1 Å². The van der Waals surface area contributed by atoms with Gasteiger partial charge >= 0.3 is 0 Å². The van der Waals surface area contributed by atoms with Gasteiger partial charge in [0.2, 0.25) is 17.6 Å². The Morgan fingerprint density at radius 3 is 2.70 bits per heavy atom. The van der Waals surface area contributed by atoms with Crippen LogP contribution in [-0.2, 0) is 16.1 Å². The lowest BCUT2D eigenvalue weighted by molar-refractivity contribution is -0.136. The highest BCUT2D eigenvalue weighted by Crippen LogP contribution is 2.29. The zero-order valence-electron chi connectivity index (χ0n) is 12.8. The first-order valence-electron chi connectivity index (χ1n) is 7.68. The Kier molecular flexibility index (Phi) is 4.68. The molecule has 1 fully saturated rings. The van der Waals surface area contributed by atoms with Gasteiger partial charge in [-0.2, -0.15) is 4.98 Å². The lowest BCUT2D eigenvalue weighted by Gasteiger charge is -2.34. The molecule has 3 N–H and O–H groups in total. The summed E-state index contributed by atoms with van der Waals surface area (Å²) in [6, 6.07) is 9.54. The number of hydrogen-bond donors (Lipinski definition) is 2. The first kappa shape index (κ1) is 15.6. The van der Waals surface area contributed by atoms with E-state index in [9.17, 15) is 4.79 Å². The fourth-order valence-corrected chi connectivity index (χ4v) is 2.66. The summed E-state index contributed by atoms with van der Waals surface area (Å²) in [7, 11) is 0. The topological polar surface area (TPSA) is 103 Å². The predicted molar refractivity (Wildman–Crippen MR) is 83.1 cm³/mol. The lowest BCUT2D eigenvalue weighted by Crippen LogP contribution is -2.49. The second-order valence-electron chi connectivity index (χ2n) is 5.66. The van der Waals surface area contributed by atoms with Crippen LogP contribution in [0.2, 0.25) is 0 Å². The van der Waals surface area contributed by atoms with E-state index < -0.39 is 5.41 Å². The third-order valence-corrected chi connectivity index (χ3v) is 4.22. The van der Waals surface area contributed by atoms with Crippen LogP contribution in [0.1, 0.15) is 18.7 Å². The normalized spacial score (nSPS) is 16.9. The van der Waals surface area contributed by atoms with E-state index >= 15 is 0 Å². The van der Waals surface area contributed by atoms with Gasteiger partial charge in [0, 0.05) is 25.3 Å². The molecule has 1 amide bonds. The second kappa shape index (κ2) is 6.89. The molecule has 2 aromatic rings. The molecular weight excluding hydrogens is 296 g/mol. The highest BCUT2D eigenvalue weighted by atomic mass is 16.5. The summed E-state index contributed by atoms with van der Waals surface area (Å²) in [5.41, 5.74) is 6.14. The molecule has 3 rings (SSSR count). The molecule has 1 saturated heterocycles. The summed E-state index contributed by atoms with van der Waals surface area (Å²) in [6.07, 6.45) is 1.27. The molecule has 1 aromatic heterocycles. The van der Waals surface area contributed by atoms with Gasteiger partial charge in [0.15, 0.2) is 0 Å². The zero-order valence-corrected chi connectivity index (χ0v) is 12.8. The molecule has 0 radical (unpaired) electrons. The van der Waals surface area contributed by atoms with Crippen molar-refractivity contribution >= 4 is 5.91 Å². The molecule has 23 heavy (non-hydrogen) atoms. The summed E-state index contributed by atoms with van der Waals surface area (Å²) < 4.78 is 10.5. The van der Waals surface area contributed by atoms with Crippen LogP contribution in [0.4, 0.5) is 0 Å². The highest BCUT2D eigenvalue weighted by molar-refractivity contribution is 5.82. The summed E-state index contributed by atoms with van der Waals surface area (Å²) in [4.78, 5) is 16.8. The van der Waals surface area contributed by atoms with Gasteiger partial charge in [-0.05, 0) is 12.8 Å². The van der Waals surface area contributed by atoms with Crippen molar-refractivity contribution in [3.05, 3.63) is 36.2 Å². The Hall–Kier alpha value is -2.25. The first-order valence-corrected chi connectivity index (χ1v) is 7.68. The molecule has 0 atom stereocenters. The van der Waals surface area contributed by atoms with Crippen LogP contribution in [0, 0.1) is 5.41 Å². The first-order chi connectivity index (χ1) is 11.2. The minimum absolute atomic E-state index is 0.0808. The molecule has 0 saturated carbocycles. The van der Waals surface area contributed by atoms with Crippen LogP contribution in [0.3, 0.4) is 0 Å². The lowest BCUT2D eigenvalue weighted by atomic mass is 9.79. The van der Waals surface area contributed by atoms with Crippen molar-refractivity contribution in [2.75, 3.05) is 19.8 Å². The van der Waals surface area contributed by atoms with Gasteiger partial charge in [0.25, 0.3) is 0 Å². The minimum atomic E-state index is -0.555. The maximum absolute atomic E-state index is 12.5. The monoisotopic (exact) mass is 316 g/mol. The van der Waals surface area contributed by atoms with E-state index in [0.29, 0.717) is 44.3 Å². The van der Waals surface area contributed by atoms with Crippen molar-refractivity contribution in [2.24, 2.45) is 11.1 Å². The van der Waals surface area contributed by atoms with Crippen molar-refractivity contribution in [2.45, 2.75) is 19.4 Å².